The number of hydrogen-bond donors (Lipinski definition) is 1. The fourth-order valence-corrected chi connectivity index (χ4v) is 3.31. The number of benzene rings is 1. The topological polar surface area (TPSA) is 67.6 Å². The Morgan fingerprint density at radius 3 is 2.72 bits per heavy atom. The first-order valence-electron chi connectivity index (χ1n) is 8.63. The lowest BCUT2D eigenvalue weighted by molar-refractivity contribution is -0.134. The minimum absolute atomic E-state index is 0.00879. The Labute approximate surface area is 148 Å². The molecule has 1 amide bonds. The zero-order valence-electron chi connectivity index (χ0n) is 14.6. The molecular weight excluding hydrogens is 318 g/mol. The molecule has 134 valence electrons. The van der Waals surface area contributed by atoms with Crippen LogP contribution in [0.5, 0.6) is 0 Å². The lowest BCUT2D eigenvalue weighted by Gasteiger charge is -2.38. The molecule has 1 N–H and O–H groups in total. The number of aliphatic hydroxyl groups is 1. The summed E-state index contributed by atoms with van der Waals surface area (Å²) in [6.45, 7) is 2.14. The van der Waals surface area contributed by atoms with Crippen molar-refractivity contribution >= 4 is 5.91 Å². The average molecular weight is 343 g/mol. The van der Waals surface area contributed by atoms with Gasteiger partial charge in [-0.3, -0.25) is 4.79 Å². The van der Waals surface area contributed by atoms with Crippen molar-refractivity contribution in [2.75, 3.05) is 33.4 Å². The molecule has 0 radical (unpaired) electrons. The molecule has 1 saturated heterocycles. The molecule has 1 aliphatic heterocycles. The Balaban J connectivity index is 1.67. The third kappa shape index (κ3) is 4.08. The number of imidazole rings is 1. The van der Waals surface area contributed by atoms with Gasteiger partial charge in [0.25, 0.3) is 0 Å². The van der Waals surface area contributed by atoms with E-state index in [0.29, 0.717) is 19.8 Å². The molecule has 0 aliphatic carbocycles. The molecule has 2 aromatic rings. The summed E-state index contributed by atoms with van der Waals surface area (Å²) in [6.07, 6.45) is 5.09. The Hall–Kier alpha value is -2.18. The fraction of sp³-hybridized carbons (Fsp3) is 0.474. The normalized spacial score (nSPS) is 16.6. The Kier molecular flexibility index (Phi) is 5.50. The monoisotopic (exact) mass is 343 g/mol. The van der Waals surface area contributed by atoms with Crippen molar-refractivity contribution in [2.45, 2.75) is 19.4 Å². The van der Waals surface area contributed by atoms with Gasteiger partial charge in [-0.25, -0.2) is 4.98 Å². The molecule has 25 heavy (non-hydrogen) atoms. The number of hydrogen-bond acceptors (Lipinski definition) is 4. The molecule has 1 fully saturated rings. The Morgan fingerprint density at radius 1 is 1.32 bits per heavy atom. The summed E-state index contributed by atoms with van der Waals surface area (Å²) in [5.41, 5.74) is 0.735. The molecule has 6 heteroatoms. The summed E-state index contributed by atoms with van der Waals surface area (Å²) in [5, 5.41) is 9.81. The zero-order valence-corrected chi connectivity index (χ0v) is 14.6. The van der Waals surface area contributed by atoms with Crippen LogP contribution in [0.2, 0.25) is 0 Å². The number of likely N-dealkylation sites (N-methyl/N-ethyl adjacent to an activating group) is 1. The highest BCUT2D eigenvalue weighted by Gasteiger charge is 2.34. The second-order valence-electron chi connectivity index (χ2n) is 6.77. The van der Waals surface area contributed by atoms with Gasteiger partial charge in [-0.15, -0.1) is 0 Å². The van der Waals surface area contributed by atoms with Gasteiger partial charge in [0, 0.05) is 50.2 Å². The number of aromatic nitrogens is 2. The minimum Gasteiger partial charge on any atom is -0.396 e. The van der Waals surface area contributed by atoms with Gasteiger partial charge in [-0.2, -0.15) is 0 Å². The van der Waals surface area contributed by atoms with Gasteiger partial charge in [0.15, 0.2) is 0 Å². The van der Waals surface area contributed by atoms with Crippen LogP contribution in [-0.2, 0) is 16.1 Å². The smallest absolute Gasteiger partial charge is 0.242 e. The average Bonchev–Trinajstić information content (AvgIpc) is 3.11. The number of carbonyl (C=O) groups excluding carboxylic acids is 1. The number of aliphatic hydroxyl groups excluding tert-OH is 1. The minimum atomic E-state index is -0.250. The lowest BCUT2D eigenvalue weighted by atomic mass is 9.80. The van der Waals surface area contributed by atoms with Crippen LogP contribution in [0.4, 0.5) is 0 Å². The lowest BCUT2D eigenvalue weighted by Crippen LogP contribution is -2.45. The summed E-state index contributed by atoms with van der Waals surface area (Å²) in [5.74, 6) is 0.791. The maximum Gasteiger partial charge on any atom is 0.242 e. The first kappa shape index (κ1) is 17.6. The van der Waals surface area contributed by atoms with Gasteiger partial charge in [0.1, 0.15) is 12.4 Å². The molecule has 1 aromatic carbocycles. The van der Waals surface area contributed by atoms with E-state index in [2.05, 4.69) is 4.98 Å². The van der Waals surface area contributed by atoms with Crippen molar-refractivity contribution in [1.29, 1.82) is 0 Å². The van der Waals surface area contributed by atoms with Crippen molar-refractivity contribution in [3.8, 4) is 11.4 Å². The highest BCUT2D eigenvalue weighted by atomic mass is 16.5. The zero-order chi connectivity index (χ0) is 17.7. The van der Waals surface area contributed by atoms with E-state index in [9.17, 15) is 9.90 Å². The van der Waals surface area contributed by atoms with Gasteiger partial charge in [-0.1, -0.05) is 30.3 Å². The first-order valence-corrected chi connectivity index (χ1v) is 8.63. The maximum atomic E-state index is 12.7. The van der Waals surface area contributed by atoms with E-state index in [-0.39, 0.29) is 24.5 Å². The van der Waals surface area contributed by atoms with Crippen molar-refractivity contribution in [1.82, 2.24) is 14.5 Å². The van der Waals surface area contributed by atoms with Gasteiger partial charge in [-0.05, 0) is 12.8 Å². The largest absolute Gasteiger partial charge is 0.396 e. The molecule has 1 aliphatic rings. The highest BCUT2D eigenvalue weighted by Crippen LogP contribution is 2.30. The van der Waals surface area contributed by atoms with Crippen LogP contribution in [0, 0.1) is 5.41 Å². The fourth-order valence-electron chi connectivity index (χ4n) is 3.31. The maximum absolute atomic E-state index is 12.7. The first-order chi connectivity index (χ1) is 12.1. The number of carbonyl (C=O) groups is 1. The van der Waals surface area contributed by atoms with E-state index in [1.165, 1.54) is 0 Å². The van der Waals surface area contributed by atoms with Crippen LogP contribution in [0.15, 0.2) is 42.7 Å². The van der Waals surface area contributed by atoms with E-state index in [4.69, 9.17) is 4.74 Å². The quantitative estimate of drug-likeness (QED) is 0.868. The molecule has 0 bridgehead atoms. The summed E-state index contributed by atoms with van der Waals surface area (Å²) in [4.78, 5) is 18.8. The third-order valence-electron chi connectivity index (χ3n) is 4.94. The van der Waals surface area contributed by atoms with E-state index >= 15 is 0 Å². The van der Waals surface area contributed by atoms with E-state index < -0.39 is 0 Å². The van der Waals surface area contributed by atoms with Crippen LogP contribution in [-0.4, -0.2) is 58.9 Å². The SMILES string of the molecule is CN(CC1(CO)CCOCC1)C(=O)Cn1ccnc1-c1ccccc1. The second-order valence-corrected chi connectivity index (χ2v) is 6.77. The molecule has 3 rings (SSSR count). The number of ether oxygens (including phenoxy) is 1. The molecular formula is C19H25N3O3. The van der Waals surface area contributed by atoms with E-state index in [0.717, 1.165) is 24.2 Å². The van der Waals surface area contributed by atoms with Crippen LogP contribution < -0.4 is 0 Å². The van der Waals surface area contributed by atoms with Crippen molar-refractivity contribution in [3.63, 3.8) is 0 Å². The predicted octanol–water partition coefficient (Wildman–Crippen LogP) is 1.80. The number of amides is 1. The molecule has 0 spiro atoms. The van der Waals surface area contributed by atoms with Crippen LogP contribution in [0.25, 0.3) is 11.4 Å². The Bertz CT molecular complexity index is 693. The summed E-state index contributed by atoms with van der Waals surface area (Å²) >= 11 is 0. The van der Waals surface area contributed by atoms with E-state index in [1.807, 2.05) is 41.1 Å². The van der Waals surface area contributed by atoms with Crippen LogP contribution >= 0.6 is 0 Å². The summed E-state index contributed by atoms with van der Waals surface area (Å²) < 4.78 is 7.26. The van der Waals surface area contributed by atoms with Gasteiger partial charge < -0.3 is 19.3 Å². The molecule has 0 atom stereocenters. The van der Waals surface area contributed by atoms with Crippen LogP contribution in [0.1, 0.15) is 12.8 Å². The van der Waals surface area contributed by atoms with Crippen molar-refractivity contribution in [3.05, 3.63) is 42.7 Å². The van der Waals surface area contributed by atoms with Gasteiger partial charge in [0.2, 0.25) is 5.91 Å². The van der Waals surface area contributed by atoms with Crippen molar-refractivity contribution in [2.24, 2.45) is 5.41 Å². The molecule has 0 unspecified atom stereocenters. The van der Waals surface area contributed by atoms with Crippen LogP contribution in [0.3, 0.4) is 0 Å². The Morgan fingerprint density at radius 2 is 2.04 bits per heavy atom. The number of rotatable bonds is 6. The molecule has 1 aromatic heterocycles. The van der Waals surface area contributed by atoms with Crippen molar-refractivity contribution < 1.29 is 14.6 Å². The summed E-state index contributed by atoms with van der Waals surface area (Å²) in [7, 11) is 1.80. The molecule has 2 heterocycles. The predicted molar refractivity (Wildman–Crippen MR) is 94.9 cm³/mol. The van der Waals surface area contributed by atoms with Gasteiger partial charge in [0.05, 0.1) is 6.61 Å². The number of nitrogens with zero attached hydrogens (tertiary/aromatic N) is 3. The summed E-state index contributed by atoms with van der Waals surface area (Å²) in [6, 6.07) is 9.83. The second kappa shape index (κ2) is 7.80. The molecule has 0 saturated carbocycles. The van der Waals surface area contributed by atoms with E-state index in [1.54, 1.807) is 18.1 Å². The standard InChI is InChI=1S/C19H25N3O3/c1-21(14-19(15-23)7-11-25-12-8-19)17(24)13-22-10-9-20-18(22)16-5-3-2-4-6-16/h2-6,9-10,23H,7-8,11-15H2,1H3. The van der Waals surface area contributed by atoms with Gasteiger partial charge >= 0.3 is 0 Å². The third-order valence-corrected chi connectivity index (χ3v) is 4.94. The molecule has 6 nitrogen and oxygen atoms in total. The highest BCUT2D eigenvalue weighted by molar-refractivity contribution is 5.76.